The molecule has 1 heterocycles. The topological polar surface area (TPSA) is 82.7 Å². The van der Waals surface area contributed by atoms with E-state index in [1.807, 2.05) is 0 Å². The number of carboxylic acid groups (broad SMARTS) is 1. The zero-order valence-corrected chi connectivity index (χ0v) is 8.17. The monoisotopic (exact) mass is 249 g/mol. The summed E-state index contributed by atoms with van der Waals surface area (Å²) in [5.41, 5.74) is 0. The van der Waals surface area contributed by atoms with Crippen molar-refractivity contribution in [3.8, 4) is 0 Å². The molecular formula is C7H8BrNO4. The highest BCUT2D eigenvalue weighted by Crippen LogP contribution is 2.26. The molecule has 13 heavy (non-hydrogen) atoms. The van der Waals surface area contributed by atoms with Gasteiger partial charge in [0.1, 0.15) is 0 Å². The van der Waals surface area contributed by atoms with E-state index in [-0.39, 0.29) is 12.4 Å². The lowest BCUT2D eigenvalue weighted by Gasteiger charge is -1.98. The van der Waals surface area contributed by atoms with Crippen LogP contribution in [0.3, 0.4) is 0 Å². The van der Waals surface area contributed by atoms with Crippen LogP contribution in [0.5, 0.6) is 0 Å². The van der Waals surface area contributed by atoms with Crippen molar-refractivity contribution in [3.63, 3.8) is 0 Å². The first-order valence-corrected chi connectivity index (χ1v) is 4.32. The van der Waals surface area contributed by atoms with E-state index in [4.69, 9.17) is 14.6 Å². The number of furan rings is 1. The largest absolute Gasteiger partial charge is 0.475 e. The molecule has 1 rings (SSSR count). The zero-order valence-electron chi connectivity index (χ0n) is 6.58. The molecule has 0 aliphatic heterocycles. The highest BCUT2D eigenvalue weighted by Gasteiger charge is 2.13. The predicted octanol–water partition coefficient (Wildman–Crippen LogP) is 1.14. The van der Waals surface area contributed by atoms with Crippen LogP contribution in [-0.4, -0.2) is 29.3 Å². The second kappa shape index (κ2) is 4.29. The zero-order chi connectivity index (χ0) is 9.84. The molecule has 6 heteroatoms. The van der Waals surface area contributed by atoms with E-state index in [0.717, 1.165) is 0 Å². The predicted molar refractivity (Wildman–Crippen MR) is 48.9 cm³/mol. The summed E-state index contributed by atoms with van der Waals surface area (Å²) in [4.78, 5) is 10.4. The molecule has 72 valence electrons. The van der Waals surface area contributed by atoms with E-state index in [1.54, 1.807) is 0 Å². The Hall–Kier alpha value is -1.01. The van der Waals surface area contributed by atoms with Gasteiger partial charge in [-0.1, -0.05) is 0 Å². The van der Waals surface area contributed by atoms with Gasteiger partial charge in [-0.25, -0.2) is 4.79 Å². The van der Waals surface area contributed by atoms with Crippen molar-refractivity contribution >= 4 is 27.8 Å². The highest BCUT2D eigenvalue weighted by molar-refractivity contribution is 9.10. The Kier molecular flexibility index (Phi) is 3.32. The molecule has 3 N–H and O–H groups in total. The van der Waals surface area contributed by atoms with Gasteiger partial charge in [0.25, 0.3) is 0 Å². The molecule has 0 saturated heterocycles. The maximum atomic E-state index is 10.4. The van der Waals surface area contributed by atoms with Gasteiger partial charge in [0.15, 0.2) is 0 Å². The summed E-state index contributed by atoms with van der Waals surface area (Å²) in [6.07, 6.45) is 0. The number of carboxylic acids is 1. The smallest absolute Gasteiger partial charge is 0.371 e. The molecule has 0 atom stereocenters. The molecule has 0 saturated carbocycles. The molecule has 0 amide bonds. The number of anilines is 1. The minimum absolute atomic E-state index is 0.0461. The molecule has 1 aromatic heterocycles. The normalized spacial score (nSPS) is 10.0. The SMILES string of the molecule is O=C(O)c1cc(Br)c(NCCO)o1. The van der Waals surface area contributed by atoms with Gasteiger partial charge in [0.05, 0.1) is 11.1 Å². The number of nitrogens with one attached hydrogen (secondary N) is 1. The summed E-state index contributed by atoms with van der Waals surface area (Å²) >= 11 is 3.11. The van der Waals surface area contributed by atoms with E-state index in [0.29, 0.717) is 16.9 Å². The summed E-state index contributed by atoms with van der Waals surface area (Å²) in [5, 5.41) is 19.8. The molecule has 0 fully saturated rings. The van der Waals surface area contributed by atoms with Gasteiger partial charge in [0.2, 0.25) is 11.6 Å². The van der Waals surface area contributed by atoms with Gasteiger partial charge >= 0.3 is 5.97 Å². The van der Waals surface area contributed by atoms with Crippen LogP contribution >= 0.6 is 15.9 Å². The molecular weight excluding hydrogens is 242 g/mol. The van der Waals surface area contributed by atoms with E-state index in [1.165, 1.54) is 6.07 Å². The van der Waals surface area contributed by atoms with Gasteiger partial charge < -0.3 is 19.9 Å². The average Bonchev–Trinajstić information content (AvgIpc) is 2.44. The fourth-order valence-corrected chi connectivity index (χ4v) is 1.19. The number of rotatable bonds is 4. The number of hydrogen-bond donors (Lipinski definition) is 3. The minimum atomic E-state index is -1.13. The summed E-state index contributed by atoms with van der Waals surface area (Å²) in [6, 6.07) is 1.35. The summed E-state index contributed by atoms with van der Waals surface area (Å²) in [5.74, 6) is -0.962. The number of carbonyl (C=O) groups is 1. The first-order chi connectivity index (χ1) is 6.15. The maximum absolute atomic E-state index is 10.4. The van der Waals surface area contributed by atoms with Crippen molar-refractivity contribution in [1.29, 1.82) is 0 Å². The first-order valence-electron chi connectivity index (χ1n) is 3.52. The van der Waals surface area contributed by atoms with Crippen molar-refractivity contribution in [2.45, 2.75) is 0 Å². The molecule has 0 aromatic carbocycles. The fourth-order valence-electron chi connectivity index (χ4n) is 0.764. The van der Waals surface area contributed by atoms with Crippen molar-refractivity contribution in [2.75, 3.05) is 18.5 Å². The minimum Gasteiger partial charge on any atom is -0.475 e. The lowest BCUT2D eigenvalue weighted by Crippen LogP contribution is -2.04. The van der Waals surface area contributed by atoms with Crippen LogP contribution in [0.4, 0.5) is 5.88 Å². The third kappa shape index (κ3) is 2.46. The Morgan fingerprint density at radius 3 is 2.85 bits per heavy atom. The van der Waals surface area contributed by atoms with Crippen LogP contribution < -0.4 is 5.32 Å². The van der Waals surface area contributed by atoms with E-state index in [9.17, 15) is 4.79 Å². The van der Waals surface area contributed by atoms with Gasteiger partial charge in [0, 0.05) is 12.6 Å². The van der Waals surface area contributed by atoms with Gasteiger partial charge in [-0.15, -0.1) is 0 Å². The fraction of sp³-hybridized carbons (Fsp3) is 0.286. The van der Waals surface area contributed by atoms with Crippen LogP contribution in [0.1, 0.15) is 10.6 Å². The second-order valence-corrected chi connectivity index (χ2v) is 3.10. The molecule has 0 unspecified atom stereocenters. The molecule has 1 aromatic rings. The van der Waals surface area contributed by atoms with E-state index in [2.05, 4.69) is 21.2 Å². The Morgan fingerprint density at radius 1 is 1.69 bits per heavy atom. The number of halogens is 1. The second-order valence-electron chi connectivity index (χ2n) is 2.24. The molecule has 0 bridgehead atoms. The number of aliphatic hydroxyl groups is 1. The Balaban J connectivity index is 2.77. The highest BCUT2D eigenvalue weighted by atomic mass is 79.9. The van der Waals surface area contributed by atoms with Crippen LogP contribution in [-0.2, 0) is 0 Å². The molecule has 0 aliphatic carbocycles. The van der Waals surface area contributed by atoms with Gasteiger partial charge in [-0.3, -0.25) is 0 Å². The Morgan fingerprint density at radius 2 is 2.38 bits per heavy atom. The molecule has 5 nitrogen and oxygen atoms in total. The third-order valence-electron chi connectivity index (χ3n) is 1.29. The Bertz CT molecular complexity index is 309. The number of hydrogen-bond acceptors (Lipinski definition) is 4. The van der Waals surface area contributed by atoms with Gasteiger partial charge in [-0.05, 0) is 15.9 Å². The molecule has 0 radical (unpaired) electrons. The molecule has 0 spiro atoms. The van der Waals surface area contributed by atoms with Crippen molar-refractivity contribution in [1.82, 2.24) is 0 Å². The van der Waals surface area contributed by atoms with Crippen molar-refractivity contribution in [2.24, 2.45) is 0 Å². The maximum Gasteiger partial charge on any atom is 0.371 e. The van der Waals surface area contributed by atoms with E-state index >= 15 is 0 Å². The van der Waals surface area contributed by atoms with Crippen LogP contribution in [0, 0.1) is 0 Å². The Labute approximate surface area is 82.5 Å². The van der Waals surface area contributed by atoms with Crippen LogP contribution in [0.2, 0.25) is 0 Å². The van der Waals surface area contributed by atoms with Gasteiger partial charge in [-0.2, -0.15) is 0 Å². The van der Waals surface area contributed by atoms with Crippen LogP contribution in [0.25, 0.3) is 0 Å². The quantitative estimate of drug-likeness (QED) is 0.746. The van der Waals surface area contributed by atoms with Crippen LogP contribution in [0.15, 0.2) is 15.0 Å². The van der Waals surface area contributed by atoms with Crippen molar-refractivity contribution < 1.29 is 19.4 Å². The van der Waals surface area contributed by atoms with Crippen molar-refractivity contribution in [3.05, 3.63) is 16.3 Å². The summed E-state index contributed by atoms with van der Waals surface area (Å²) < 4.78 is 5.44. The number of aromatic carboxylic acids is 1. The number of aliphatic hydroxyl groups excluding tert-OH is 1. The first kappa shape index (κ1) is 10.1. The summed E-state index contributed by atoms with van der Waals surface area (Å²) in [7, 11) is 0. The van der Waals surface area contributed by atoms with E-state index < -0.39 is 5.97 Å². The standard InChI is InChI=1S/C7H8BrNO4/c8-4-3-5(7(11)12)13-6(4)9-1-2-10/h3,9-10H,1-2H2,(H,11,12). The third-order valence-corrected chi connectivity index (χ3v) is 1.88. The summed E-state index contributed by atoms with van der Waals surface area (Å²) in [6.45, 7) is 0.265. The lowest BCUT2D eigenvalue weighted by atomic mass is 10.4. The lowest BCUT2D eigenvalue weighted by molar-refractivity contribution is 0.0663. The molecule has 0 aliphatic rings. The average molecular weight is 250 g/mol.